The van der Waals surface area contributed by atoms with Gasteiger partial charge >= 0.3 is 0 Å². The highest BCUT2D eigenvalue weighted by Crippen LogP contribution is 2.33. The molecule has 26 heavy (non-hydrogen) atoms. The Balaban J connectivity index is 1.66. The maximum atomic E-state index is 13.2. The van der Waals surface area contributed by atoms with Crippen LogP contribution in [0, 0.1) is 6.92 Å². The Kier molecular flexibility index (Phi) is 4.37. The normalized spacial score (nSPS) is 17.5. The molecule has 4 rings (SSSR count). The van der Waals surface area contributed by atoms with Crippen molar-refractivity contribution in [1.29, 1.82) is 0 Å². The van der Waals surface area contributed by atoms with E-state index in [9.17, 15) is 4.79 Å². The van der Waals surface area contributed by atoms with E-state index >= 15 is 0 Å². The number of carbonyl (C=O) groups is 1. The van der Waals surface area contributed by atoms with Crippen molar-refractivity contribution in [2.75, 3.05) is 13.7 Å². The number of aromatic nitrogens is 2. The Morgan fingerprint density at radius 3 is 2.96 bits per heavy atom. The lowest BCUT2D eigenvalue weighted by Crippen LogP contribution is -2.38. The average molecular weight is 349 g/mol. The van der Waals surface area contributed by atoms with Crippen molar-refractivity contribution >= 4 is 16.9 Å². The predicted molar refractivity (Wildman–Crippen MR) is 101 cm³/mol. The minimum absolute atomic E-state index is 0.0756. The summed E-state index contributed by atoms with van der Waals surface area (Å²) in [6.45, 7) is 2.70. The number of aromatic amines is 1. The van der Waals surface area contributed by atoms with Gasteiger partial charge in [0.2, 0.25) is 0 Å². The Morgan fingerprint density at radius 1 is 1.23 bits per heavy atom. The van der Waals surface area contributed by atoms with Crippen LogP contribution in [0.1, 0.15) is 47.1 Å². The highest BCUT2D eigenvalue weighted by molar-refractivity contribution is 5.97. The molecule has 134 valence electrons. The Labute approximate surface area is 153 Å². The van der Waals surface area contributed by atoms with E-state index in [1.165, 1.54) is 0 Å². The summed E-state index contributed by atoms with van der Waals surface area (Å²) in [6.07, 6.45) is 3.15. The van der Waals surface area contributed by atoms with Gasteiger partial charge in [-0.1, -0.05) is 12.1 Å². The van der Waals surface area contributed by atoms with Crippen molar-refractivity contribution in [1.82, 2.24) is 14.9 Å². The lowest BCUT2D eigenvalue weighted by atomic mass is 9.94. The van der Waals surface area contributed by atoms with E-state index in [1.807, 2.05) is 48.2 Å². The van der Waals surface area contributed by atoms with Gasteiger partial charge in [0.05, 0.1) is 24.2 Å². The van der Waals surface area contributed by atoms with Gasteiger partial charge in [-0.2, -0.15) is 0 Å². The summed E-state index contributed by atoms with van der Waals surface area (Å²) in [5.41, 5.74) is 3.64. The standard InChI is InChI=1S/C21H23N3O2/c1-14-22-18-10-9-16(13-19(18)23-14)21(25)24-11-4-3-8-20(24)15-6-5-7-17(12-15)26-2/h5-7,9-10,12-13,20H,3-4,8,11H2,1-2H3,(H,22,23). The molecule has 0 bridgehead atoms. The van der Waals surface area contributed by atoms with E-state index in [1.54, 1.807) is 7.11 Å². The van der Waals surface area contributed by atoms with Crippen LogP contribution in [0.4, 0.5) is 0 Å². The van der Waals surface area contributed by atoms with Gasteiger partial charge in [0.15, 0.2) is 0 Å². The Morgan fingerprint density at radius 2 is 2.12 bits per heavy atom. The minimum Gasteiger partial charge on any atom is -0.497 e. The molecule has 3 aromatic rings. The second-order valence-electron chi connectivity index (χ2n) is 6.84. The van der Waals surface area contributed by atoms with Crippen LogP contribution in [0.25, 0.3) is 11.0 Å². The molecule has 0 saturated carbocycles. The Bertz CT molecular complexity index is 947. The number of rotatable bonds is 3. The molecule has 1 unspecified atom stereocenters. The van der Waals surface area contributed by atoms with Gasteiger partial charge in [-0.15, -0.1) is 0 Å². The lowest BCUT2D eigenvalue weighted by Gasteiger charge is -2.36. The first-order valence-electron chi connectivity index (χ1n) is 9.07. The fourth-order valence-electron chi connectivity index (χ4n) is 3.81. The first kappa shape index (κ1) is 16.6. The van der Waals surface area contributed by atoms with Crippen molar-refractivity contribution in [2.24, 2.45) is 0 Å². The molecule has 0 spiro atoms. The van der Waals surface area contributed by atoms with Gasteiger partial charge in [0.1, 0.15) is 11.6 Å². The number of piperidine rings is 1. The van der Waals surface area contributed by atoms with Crippen LogP contribution < -0.4 is 4.74 Å². The number of H-pyrrole nitrogens is 1. The molecule has 5 heteroatoms. The number of methoxy groups -OCH3 is 1. The van der Waals surface area contributed by atoms with Crippen molar-refractivity contribution in [3.8, 4) is 5.75 Å². The predicted octanol–water partition coefficient (Wildman–Crippen LogP) is 4.25. The van der Waals surface area contributed by atoms with Gasteiger partial charge < -0.3 is 14.6 Å². The third-order valence-corrected chi connectivity index (χ3v) is 5.09. The number of ether oxygens (including phenoxy) is 1. The zero-order valence-corrected chi connectivity index (χ0v) is 15.2. The van der Waals surface area contributed by atoms with E-state index in [0.717, 1.165) is 54.0 Å². The van der Waals surface area contributed by atoms with E-state index in [2.05, 4.69) is 16.0 Å². The molecule has 1 amide bonds. The molecule has 1 aliphatic heterocycles. The number of hydrogen-bond acceptors (Lipinski definition) is 3. The van der Waals surface area contributed by atoms with Crippen LogP contribution in [0.5, 0.6) is 5.75 Å². The largest absolute Gasteiger partial charge is 0.497 e. The first-order chi connectivity index (χ1) is 12.7. The highest BCUT2D eigenvalue weighted by Gasteiger charge is 2.29. The van der Waals surface area contributed by atoms with E-state index in [-0.39, 0.29) is 11.9 Å². The average Bonchev–Trinajstić information content (AvgIpc) is 3.06. The van der Waals surface area contributed by atoms with Crippen molar-refractivity contribution in [3.63, 3.8) is 0 Å². The topological polar surface area (TPSA) is 58.2 Å². The molecule has 2 aromatic carbocycles. The molecule has 1 aliphatic rings. The molecular formula is C21H23N3O2. The number of imidazole rings is 1. The summed E-state index contributed by atoms with van der Waals surface area (Å²) in [5.74, 6) is 1.76. The summed E-state index contributed by atoms with van der Waals surface area (Å²) < 4.78 is 5.36. The third-order valence-electron chi connectivity index (χ3n) is 5.09. The van der Waals surface area contributed by atoms with Crippen LogP contribution in [0.2, 0.25) is 0 Å². The number of likely N-dealkylation sites (tertiary alicyclic amines) is 1. The second-order valence-corrected chi connectivity index (χ2v) is 6.84. The maximum absolute atomic E-state index is 13.2. The van der Waals surface area contributed by atoms with Crippen molar-refractivity contribution in [3.05, 3.63) is 59.4 Å². The number of nitrogens with one attached hydrogen (secondary N) is 1. The molecule has 0 radical (unpaired) electrons. The van der Waals surface area contributed by atoms with Gasteiger partial charge in [-0.25, -0.2) is 4.98 Å². The van der Waals surface area contributed by atoms with Gasteiger partial charge in [-0.3, -0.25) is 4.79 Å². The monoisotopic (exact) mass is 349 g/mol. The number of amides is 1. The molecule has 2 heterocycles. The van der Waals surface area contributed by atoms with E-state index in [0.29, 0.717) is 5.56 Å². The molecule has 1 aromatic heterocycles. The molecule has 1 fully saturated rings. The number of aryl methyl sites for hydroxylation is 1. The highest BCUT2D eigenvalue weighted by atomic mass is 16.5. The molecule has 1 saturated heterocycles. The molecular weight excluding hydrogens is 326 g/mol. The molecule has 0 aliphatic carbocycles. The summed E-state index contributed by atoms with van der Waals surface area (Å²) in [4.78, 5) is 22.9. The van der Waals surface area contributed by atoms with Gasteiger partial charge in [0, 0.05) is 12.1 Å². The molecule has 1 atom stereocenters. The number of benzene rings is 2. The summed E-state index contributed by atoms with van der Waals surface area (Å²) in [7, 11) is 1.67. The van der Waals surface area contributed by atoms with Gasteiger partial charge in [-0.05, 0) is 62.1 Å². The maximum Gasteiger partial charge on any atom is 0.254 e. The second kappa shape index (κ2) is 6.83. The third kappa shape index (κ3) is 3.05. The smallest absolute Gasteiger partial charge is 0.254 e. The van der Waals surface area contributed by atoms with E-state index in [4.69, 9.17) is 4.74 Å². The quantitative estimate of drug-likeness (QED) is 0.769. The zero-order chi connectivity index (χ0) is 18.1. The minimum atomic E-state index is 0.0756. The molecule has 1 N–H and O–H groups in total. The van der Waals surface area contributed by atoms with Crippen LogP contribution in [-0.4, -0.2) is 34.4 Å². The van der Waals surface area contributed by atoms with Crippen LogP contribution in [-0.2, 0) is 0 Å². The summed E-state index contributed by atoms with van der Waals surface area (Å²) in [5, 5.41) is 0. The fraction of sp³-hybridized carbons (Fsp3) is 0.333. The first-order valence-corrected chi connectivity index (χ1v) is 9.07. The number of carbonyl (C=O) groups excluding carboxylic acids is 1. The van der Waals surface area contributed by atoms with E-state index < -0.39 is 0 Å². The fourth-order valence-corrected chi connectivity index (χ4v) is 3.81. The zero-order valence-electron chi connectivity index (χ0n) is 15.2. The van der Waals surface area contributed by atoms with Crippen molar-refractivity contribution in [2.45, 2.75) is 32.2 Å². The SMILES string of the molecule is COc1cccc(C2CCCCN2C(=O)c2ccc3nc(C)[nH]c3c2)c1. The number of nitrogens with zero attached hydrogens (tertiary/aromatic N) is 2. The summed E-state index contributed by atoms with van der Waals surface area (Å²) >= 11 is 0. The van der Waals surface area contributed by atoms with Gasteiger partial charge in [0.25, 0.3) is 5.91 Å². The van der Waals surface area contributed by atoms with Crippen molar-refractivity contribution < 1.29 is 9.53 Å². The summed E-state index contributed by atoms with van der Waals surface area (Å²) in [6, 6.07) is 13.8. The lowest BCUT2D eigenvalue weighted by molar-refractivity contribution is 0.0611. The van der Waals surface area contributed by atoms with Crippen LogP contribution in [0.3, 0.4) is 0 Å². The van der Waals surface area contributed by atoms with Crippen LogP contribution in [0.15, 0.2) is 42.5 Å². The molecule has 5 nitrogen and oxygen atoms in total. The Hall–Kier alpha value is -2.82. The number of fused-ring (bicyclic) bond motifs is 1. The number of hydrogen-bond donors (Lipinski definition) is 1. The van der Waals surface area contributed by atoms with Crippen LogP contribution >= 0.6 is 0 Å².